The second-order valence-corrected chi connectivity index (χ2v) is 4.45. The summed E-state index contributed by atoms with van der Waals surface area (Å²) in [4.78, 5) is 0. The molecular formula is C15H16F2. The lowest BCUT2D eigenvalue weighted by Crippen LogP contribution is -2.27. The summed E-state index contributed by atoms with van der Waals surface area (Å²) in [6, 6.07) is 9.86. The first-order valence-electron chi connectivity index (χ1n) is 5.91. The van der Waals surface area contributed by atoms with Crippen molar-refractivity contribution < 1.29 is 8.78 Å². The van der Waals surface area contributed by atoms with Gasteiger partial charge in [-0.3, -0.25) is 0 Å². The number of allylic oxidation sites excluding steroid dienone is 4. The molecule has 90 valence electrons. The maximum atomic E-state index is 13.0. The fourth-order valence-electron chi connectivity index (χ4n) is 2.11. The normalized spacial score (nSPS) is 23.9. The first-order valence-corrected chi connectivity index (χ1v) is 5.91. The fraction of sp³-hybridized carbons (Fsp3) is 0.333. The van der Waals surface area contributed by atoms with Crippen LogP contribution in [-0.4, -0.2) is 6.43 Å². The van der Waals surface area contributed by atoms with Crippen molar-refractivity contribution in [3.63, 3.8) is 0 Å². The zero-order valence-electron chi connectivity index (χ0n) is 9.87. The number of benzene rings is 1. The molecular weight excluding hydrogens is 218 g/mol. The van der Waals surface area contributed by atoms with Gasteiger partial charge in [-0.1, -0.05) is 55.5 Å². The molecule has 0 spiro atoms. The van der Waals surface area contributed by atoms with Crippen molar-refractivity contribution in [3.8, 4) is 0 Å². The lowest BCUT2D eigenvalue weighted by atomic mass is 9.77. The molecule has 0 bridgehead atoms. The maximum absolute atomic E-state index is 13.0. The van der Waals surface area contributed by atoms with Crippen LogP contribution in [0.1, 0.15) is 25.3 Å². The van der Waals surface area contributed by atoms with E-state index in [0.29, 0.717) is 12.8 Å². The fourth-order valence-corrected chi connectivity index (χ4v) is 2.11. The van der Waals surface area contributed by atoms with Gasteiger partial charge in [0.05, 0.1) is 5.41 Å². The summed E-state index contributed by atoms with van der Waals surface area (Å²) in [7, 11) is 0. The molecule has 1 atom stereocenters. The average Bonchev–Trinajstić information content (AvgIpc) is 2.39. The summed E-state index contributed by atoms with van der Waals surface area (Å²) < 4.78 is 26.0. The predicted molar refractivity (Wildman–Crippen MR) is 66.9 cm³/mol. The van der Waals surface area contributed by atoms with Gasteiger partial charge in [0.15, 0.2) is 0 Å². The highest BCUT2D eigenvalue weighted by Gasteiger charge is 2.36. The molecule has 1 aliphatic rings. The van der Waals surface area contributed by atoms with Crippen molar-refractivity contribution in [1.82, 2.24) is 0 Å². The topological polar surface area (TPSA) is 0 Å². The highest BCUT2D eigenvalue weighted by molar-refractivity contribution is 5.75. The van der Waals surface area contributed by atoms with E-state index in [1.807, 2.05) is 49.4 Å². The van der Waals surface area contributed by atoms with E-state index in [0.717, 1.165) is 11.1 Å². The second-order valence-electron chi connectivity index (χ2n) is 4.45. The summed E-state index contributed by atoms with van der Waals surface area (Å²) in [6.45, 7) is 1.82. The van der Waals surface area contributed by atoms with Gasteiger partial charge in [0.2, 0.25) is 6.43 Å². The molecule has 0 saturated heterocycles. The van der Waals surface area contributed by atoms with Gasteiger partial charge >= 0.3 is 0 Å². The minimum atomic E-state index is -2.29. The van der Waals surface area contributed by atoms with Crippen molar-refractivity contribution in [1.29, 1.82) is 0 Å². The Bertz CT molecular complexity index is 431. The van der Waals surface area contributed by atoms with Gasteiger partial charge in [-0.05, 0) is 24.0 Å². The molecule has 1 unspecified atom stereocenters. The van der Waals surface area contributed by atoms with Crippen LogP contribution in [-0.2, 0) is 0 Å². The number of hydrogen-bond acceptors (Lipinski definition) is 0. The van der Waals surface area contributed by atoms with E-state index in [2.05, 4.69) is 0 Å². The minimum absolute atomic E-state index is 0.419. The summed E-state index contributed by atoms with van der Waals surface area (Å²) in [5.41, 5.74) is 1.16. The maximum Gasteiger partial charge on any atom is 0.247 e. The summed E-state index contributed by atoms with van der Waals surface area (Å²) in [6.07, 6.45) is 4.03. The second kappa shape index (κ2) is 4.82. The first kappa shape index (κ1) is 12.0. The summed E-state index contributed by atoms with van der Waals surface area (Å²) >= 11 is 0. The third kappa shape index (κ3) is 2.31. The van der Waals surface area contributed by atoms with Crippen molar-refractivity contribution >= 4 is 5.57 Å². The first-order chi connectivity index (χ1) is 8.18. The molecule has 1 aromatic rings. The number of alkyl halides is 2. The van der Waals surface area contributed by atoms with Crippen LogP contribution in [0.5, 0.6) is 0 Å². The average molecular weight is 234 g/mol. The third-order valence-electron chi connectivity index (χ3n) is 3.50. The molecule has 0 N–H and O–H groups in total. The van der Waals surface area contributed by atoms with Gasteiger partial charge in [-0.15, -0.1) is 0 Å². The van der Waals surface area contributed by atoms with Crippen LogP contribution >= 0.6 is 0 Å². The minimum Gasteiger partial charge on any atom is -0.210 e. The Kier molecular flexibility index (Phi) is 3.41. The largest absolute Gasteiger partial charge is 0.247 e. The van der Waals surface area contributed by atoms with Crippen molar-refractivity contribution in [2.45, 2.75) is 26.2 Å². The zero-order chi connectivity index (χ0) is 12.3. The van der Waals surface area contributed by atoms with Crippen LogP contribution < -0.4 is 0 Å². The Balaban J connectivity index is 2.22. The molecule has 0 fully saturated rings. The molecule has 0 aromatic heterocycles. The standard InChI is InChI=1S/C15H16F2/c1-2-15(14(16)17)10-8-13(9-11-15)12-6-4-3-5-7-12/h3-10,14H,2,11H2,1H3. The molecule has 0 aliphatic heterocycles. The van der Waals surface area contributed by atoms with Crippen molar-refractivity contribution in [3.05, 3.63) is 54.1 Å². The molecule has 2 rings (SSSR count). The molecule has 1 aromatic carbocycles. The smallest absolute Gasteiger partial charge is 0.210 e. The van der Waals surface area contributed by atoms with Crippen molar-refractivity contribution in [2.75, 3.05) is 0 Å². The van der Waals surface area contributed by atoms with Crippen LogP contribution in [0.25, 0.3) is 5.57 Å². The van der Waals surface area contributed by atoms with Crippen LogP contribution in [0.4, 0.5) is 8.78 Å². The van der Waals surface area contributed by atoms with Gasteiger partial charge in [0.25, 0.3) is 0 Å². The Labute approximate surface area is 101 Å². The lowest BCUT2D eigenvalue weighted by molar-refractivity contribution is 0.0262. The van der Waals surface area contributed by atoms with Gasteiger partial charge in [0.1, 0.15) is 0 Å². The molecule has 17 heavy (non-hydrogen) atoms. The summed E-state index contributed by atoms with van der Waals surface area (Å²) in [5.74, 6) is 0. The van der Waals surface area contributed by atoms with E-state index in [9.17, 15) is 8.78 Å². The molecule has 2 heteroatoms. The van der Waals surface area contributed by atoms with Crippen LogP contribution in [0.15, 0.2) is 48.6 Å². The lowest BCUT2D eigenvalue weighted by Gasteiger charge is -2.30. The zero-order valence-corrected chi connectivity index (χ0v) is 9.87. The highest BCUT2D eigenvalue weighted by atomic mass is 19.3. The van der Waals surface area contributed by atoms with Gasteiger partial charge < -0.3 is 0 Å². The Morgan fingerprint density at radius 1 is 1.24 bits per heavy atom. The van der Waals surface area contributed by atoms with Gasteiger partial charge in [-0.25, -0.2) is 8.78 Å². The van der Waals surface area contributed by atoms with E-state index in [1.54, 1.807) is 6.08 Å². The molecule has 1 aliphatic carbocycles. The van der Waals surface area contributed by atoms with E-state index in [1.165, 1.54) is 0 Å². The highest BCUT2D eigenvalue weighted by Crippen LogP contribution is 2.40. The third-order valence-corrected chi connectivity index (χ3v) is 3.50. The summed E-state index contributed by atoms with van der Waals surface area (Å²) in [5, 5.41) is 0. The number of hydrogen-bond donors (Lipinski definition) is 0. The van der Waals surface area contributed by atoms with E-state index >= 15 is 0 Å². The van der Waals surface area contributed by atoms with Crippen LogP contribution in [0.2, 0.25) is 0 Å². The van der Waals surface area contributed by atoms with Gasteiger partial charge in [0, 0.05) is 0 Å². The Morgan fingerprint density at radius 2 is 1.94 bits per heavy atom. The number of rotatable bonds is 3. The van der Waals surface area contributed by atoms with E-state index < -0.39 is 11.8 Å². The number of halogens is 2. The molecule has 0 radical (unpaired) electrons. The van der Waals surface area contributed by atoms with E-state index in [-0.39, 0.29) is 0 Å². The van der Waals surface area contributed by atoms with Crippen LogP contribution in [0, 0.1) is 5.41 Å². The molecule has 0 nitrogen and oxygen atoms in total. The molecule has 0 saturated carbocycles. The SMILES string of the molecule is CCC1(C(F)F)C=CC(c2ccccc2)=CC1. The quantitative estimate of drug-likeness (QED) is 0.711. The molecule has 0 heterocycles. The van der Waals surface area contributed by atoms with E-state index in [4.69, 9.17) is 0 Å². The van der Waals surface area contributed by atoms with Crippen molar-refractivity contribution in [2.24, 2.45) is 5.41 Å². The Morgan fingerprint density at radius 3 is 2.41 bits per heavy atom. The predicted octanol–water partition coefficient (Wildman–Crippen LogP) is 4.69. The monoisotopic (exact) mass is 234 g/mol. The Hall–Kier alpha value is -1.44. The molecule has 0 amide bonds. The van der Waals surface area contributed by atoms with Gasteiger partial charge in [-0.2, -0.15) is 0 Å². The van der Waals surface area contributed by atoms with Crippen LogP contribution in [0.3, 0.4) is 0 Å².